The van der Waals surface area contributed by atoms with Crippen molar-refractivity contribution in [3.05, 3.63) is 94.5 Å². The van der Waals surface area contributed by atoms with E-state index in [4.69, 9.17) is 9.57 Å². The lowest BCUT2D eigenvalue weighted by atomic mass is 9.82. The Morgan fingerprint density at radius 1 is 0.824 bits per heavy atom. The number of methoxy groups -OCH3 is 1. The second-order valence-electron chi connectivity index (χ2n) is 7.95. The number of amides is 1. The van der Waals surface area contributed by atoms with Gasteiger partial charge in [-0.3, -0.25) is 19.2 Å². The van der Waals surface area contributed by atoms with Gasteiger partial charge in [-0.1, -0.05) is 54.6 Å². The van der Waals surface area contributed by atoms with E-state index in [0.29, 0.717) is 60.5 Å². The Labute approximate surface area is 198 Å². The van der Waals surface area contributed by atoms with Crippen LogP contribution in [0.25, 0.3) is 0 Å². The van der Waals surface area contributed by atoms with Crippen LogP contribution in [-0.4, -0.2) is 31.1 Å². The Morgan fingerprint density at radius 3 is 2.21 bits per heavy atom. The van der Waals surface area contributed by atoms with Crippen LogP contribution in [0.15, 0.2) is 66.7 Å². The number of nitrogens with one attached hydrogen (secondary N) is 2. The molecule has 0 bridgehead atoms. The molecular weight excluding hydrogens is 432 g/mol. The van der Waals surface area contributed by atoms with Crippen LogP contribution in [-0.2, 0) is 16.2 Å². The molecule has 34 heavy (non-hydrogen) atoms. The Hall–Kier alpha value is -3.97. The van der Waals surface area contributed by atoms with Crippen molar-refractivity contribution >= 4 is 23.2 Å². The van der Waals surface area contributed by atoms with Crippen molar-refractivity contribution in [1.29, 1.82) is 0 Å². The topological polar surface area (TPSA) is 93.7 Å². The molecule has 1 amide bonds. The third-order valence-electron chi connectivity index (χ3n) is 5.67. The van der Waals surface area contributed by atoms with Gasteiger partial charge < -0.3 is 10.1 Å². The van der Waals surface area contributed by atoms with E-state index in [1.807, 2.05) is 30.3 Å². The number of carbonyl (C=O) groups excluding carboxylic acids is 3. The monoisotopic (exact) mass is 458 g/mol. The first-order valence-electron chi connectivity index (χ1n) is 11.2. The lowest BCUT2D eigenvalue weighted by Gasteiger charge is -2.22. The zero-order chi connectivity index (χ0) is 23.9. The summed E-state index contributed by atoms with van der Waals surface area (Å²) in [4.78, 5) is 43.5. The number of anilines is 1. The lowest BCUT2D eigenvalue weighted by Crippen LogP contribution is -2.24. The number of hydrogen-bond donors (Lipinski definition) is 2. The molecule has 0 radical (unpaired) electrons. The highest BCUT2D eigenvalue weighted by molar-refractivity contribution is 6.31. The molecule has 0 fully saturated rings. The van der Waals surface area contributed by atoms with Crippen LogP contribution >= 0.6 is 0 Å². The lowest BCUT2D eigenvalue weighted by molar-refractivity contribution is -0.134. The molecular formula is C27H26N2O5. The molecule has 1 aliphatic carbocycles. The molecule has 3 aromatic rings. The molecule has 0 saturated carbocycles. The minimum Gasteiger partial charge on any atom is -0.496 e. The van der Waals surface area contributed by atoms with E-state index in [1.165, 1.54) is 7.11 Å². The van der Waals surface area contributed by atoms with Crippen LogP contribution in [0.4, 0.5) is 5.69 Å². The van der Waals surface area contributed by atoms with Crippen molar-refractivity contribution < 1.29 is 24.0 Å². The molecule has 0 heterocycles. The van der Waals surface area contributed by atoms with E-state index in [1.54, 1.807) is 36.4 Å². The van der Waals surface area contributed by atoms with Crippen molar-refractivity contribution in [2.45, 2.75) is 25.9 Å². The number of hydrogen-bond acceptors (Lipinski definition) is 6. The van der Waals surface area contributed by atoms with Gasteiger partial charge in [-0.2, -0.15) is 0 Å². The fourth-order valence-corrected chi connectivity index (χ4v) is 3.97. The molecule has 0 spiro atoms. The maximum Gasteiger partial charge on any atom is 0.243 e. The predicted octanol–water partition coefficient (Wildman–Crippen LogP) is 4.30. The van der Waals surface area contributed by atoms with Crippen LogP contribution in [0.5, 0.6) is 5.75 Å². The molecule has 3 aromatic carbocycles. The molecule has 1 aliphatic rings. The standard InChI is InChI=1S/C27H26N2O5/c1-33-22-15-14-21(24-25(22)27(32)20-12-6-5-11-19(20)26(24)31)28-16-8-7-13-23(30)29-34-17-18-9-3-2-4-10-18/h2-6,9-12,14-15,28H,7-8,13,16-17H2,1H3,(H,29,30). The first-order chi connectivity index (χ1) is 16.6. The molecule has 7 nitrogen and oxygen atoms in total. The maximum absolute atomic E-state index is 13.2. The number of ether oxygens (including phenoxy) is 1. The Kier molecular flexibility index (Phi) is 7.34. The van der Waals surface area contributed by atoms with Gasteiger partial charge in [-0.25, -0.2) is 5.48 Å². The molecule has 0 aromatic heterocycles. The van der Waals surface area contributed by atoms with E-state index < -0.39 is 0 Å². The minimum atomic E-state index is -0.224. The van der Waals surface area contributed by atoms with Crippen molar-refractivity contribution in [2.75, 3.05) is 19.0 Å². The van der Waals surface area contributed by atoms with Crippen LogP contribution < -0.4 is 15.5 Å². The van der Waals surface area contributed by atoms with Crippen LogP contribution in [0.1, 0.15) is 56.7 Å². The number of ketones is 2. The number of fused-ring (bicyclic) bond motifs is 2. The van der Waals surface area contributed by atoms with Crippen molar-refractivity contribution in [3.63, 3.8) is 0 Å². The van der Waals surface area contributed by atoms with Gasteiger partial charge in [-0.15, -0.1) is 0 Å². The largest absolute Gasteiger partial charge is 0.496 e. The summed E-state index contributed by atoms with van der Waals surface area (Å²) in [5.74, 6) is -0.241. The summed E-state index contributed by atoms with van der Waals surface area (Å²) in [5, 5.41) is 3.25. The molecule has 0 saturated heterocycles. The van der Waals surface area contributed by atoms with Gasteiger partial charge >= 0.3 is 0 Å². The van der Waals surface area contributed by atoms with Gasteiger partial charge in [0.25, 0.3) is 0 Å². The number of benzene rings is 3. The normalized spacial score (nSPS) is 12.0. The summed E-state index contributed by atoms with van der Waals surface area (Å²) < 4.78 is 5.37. The SMILES string of the molecule is COc1ccc(NCCCCC(=O)NOCc2ccccc2)c2c1C(=O)c1ccccc1C2=O. The predicted molar refractivity (Wildman–Crippen MR) is 128 cm³/mol. The smallest absolute Gasteiger partial charge is 0.243 e. The summed E-state index contributed by atoms with van der Waals surface area (Å²) in [6, 6.07) is 19.9. The number of rotatable bonds is 10. The maximum atomic E-state index is 13.2. The summed E-state index contributed by atoms with van der Waals surface area (Å²) in [7, 11) is 1.48. The first-order valence-corrected chi connectivity index (χ1v) is 11.2. The average Bonchev–Trinajstić information content (AvgIpc) is 2.87. The Morgan fingerprint density at radius 2 is 1.50 bits per heavy atom. The minimum absolute atomic E-state index is 0.185. The molecule has 0 unspecified atom stereocenters. The molecule has 2 N–H and O–H groups in total. The van der Waals surface area contributed by atoms with E-state index in [2.05, 4.69) is 10.8 Å². The fourth-order valence-electron chi connectivity index (χ4n) is 3.97. The third kappa shape index (κ3) is 5.00. The zero-order valence-electron chi connectivity index (χ0n) is 18.9. The van der Waals surface area contributed by atoms with Crippen LogP contribution in [0.3, 0.4) is 0 Å². The second-order valence-corrected chi connectivity index (χ2v) is 7.95. The Balaban J connectivity index is 1.31. The highest BCUT2D eigenvalue weighted by Gasteiger charge is 2.34. The molecule has 7 heteroatoms. The van der Waals surface area contributed by atoms with E-state index in [0.717, 1.165) is 5.56 Å². The quantitative estimate of drug-likeness (QED) is 0.272. The van der Waals surface area contributed by atoms with Gasteiger partial charge in [0.05, 0.1) is 24.8 Å². The highest BCUT2D eigenvalue weighted by atomic mass is 16.6. The highest BCUT2D eigenvalue weighted by Crippen LogP contribution is 2.37. The summed E-state index contributed by atoms with van der Waals surface area (Å²) in [6.07, 6.45) is 1.66. The third-order valence-corrected chi connectivity index (χ3v) is 5.67. The summed E-state index contributed by atoms with van der Waals surface area (Å²) >= 11 is 0. The van der Waals surface area contributed by atoms with Crippen LogP contribution in [0.2, 0.25) is 0 Å². The van der Waals surface area contributed by atoms with Gasteiger partial charge in [-0.05, 0) is 30.5 Å². The van der Waals surface area contributed by atoms with Gasteiger partial charge in [0.2, 0.25) is 5.91 Å². The van der Waals surface area contributed by atoms with Crippen molar-refractivity contribution in [3.8, 4) is 5.75 Å². The molecule has 4 rings (SSSR count). The van der Waals surface area contributed by atoms with E-state index >= 15 is 0 Å². The zero-order valence-corrected chi connectivity index (χ0v) is 18.9. The molecule has 0 atom stereocenters. The van der Waals surface area contributed by atoms with Crippen LogP contribution in [0, 0.1) is 0 Å². The van der Waals surface area contributed by atoms with Crippen molar-refractivity contribution in [2.24, 2.45) is 0 Å². The molecule has 0 aliphatic heterocycles. The number of unbranched alkanes of at least 4 members (excludes halogenated alkanes) is 1. The number of hydroxylamine groups is 1. The van der Waals surface area contributed by atoms with Gasteiger partial charge in [0.1, 0.15) is 5.75 Å². The summed E-state index contributed by atoms with van der Waals surface area (Å²) in [5.41, 5.74) is 5.41. The average molecular weight is 459 g/mol. The number of carbonyl (C=O) groups is 3. The van der Waals surface area contributed by atoms with Crippen molar-refractivity contribution in [1.82, 2.24) is 5.48 Å². The van der Waals surface area contributed by atoms with E-state index in [-0.39, 0.29) is 23.0 Å². The van der Waals surface area contributed by atoms with Gasteiger partial charge in [0, 0.05) is 29.8 Å². The van der Waals surface area contributed by atoms with Gasteiger partial charge in [0.15, 0.2) is 11.6 Å². The second kappa shape index (κ2) is 10.8. The molecule has 174 valence electrons. The van der Waals surface area contributed by atoms with E-state index in [9.17, 15) is 14.4 Å². The Bertz CT molecular complexity index is 1210. The summed E-state index contributed by atoms with van der Waals surface area (Å²) in [6.45, 7) is 0.854. The first kappa shape index (κ1) is 23.2. The fraction of sp³-hybridized carbons (Fsp3) is 0.222.